The van der Waals surface area contributed by atoms with Crippen molar-refractivity contribution in [3.8, 4) is 0 Å². The van der Waals surface area contributed by atoms with Crippen molar-refractivity contribution >= 4 is 23.9 Å². The lowest BCUT2D eigenvalue weighted by Crippen LogP contribution is -2.40. The van der Waals surface area contributed by atoms with Gasteiger partial charge in [-0.15, -0.1) is 0 Å². The third-order valence-corrected chi connectivity index (χ3v) is 2.97. The van der Waals surface area contributed by atoms with Crippen LogP contribution in [0.25, 0.3) is 0 Å². The van der Waals surface area contributed by atoms with Crippen LogP contribution in [0, 0.1) is 11.8 Å². The molecule has 0 unspecified atom stereocenters. The molecule has 0 amide bonds. The van der Waals surface area contributed by atoms with Gasteiger partial charge >= 0.3 is 23.9 Å². The molecule has 8 nitrogen and oxygen atoms in total. The van der Waals surface area contributed by atoms with E-state index in [4.69, 9.17) is 20.4 Å². The molecule has 8 heteroatoms. The fourth-order valence-corrected chi connectivity index (χ4v) is 2.08. The van der Waals surface area contributed by atoms with Crippen LogP contribution in [0.4, 0.5) is 0 Å². The van der Waals surface area contributed by atoms with Gasteiger partial charge in [0.15, 0.2) is 11.8 Å². The fraction of sp³-hybridized carbons (Fsp3) is 0.231. The van der Waals surface area contributed by atoms with Gasteiger partial charge in [0.2, 0.25) is 0 Å². The molecule has 1 aromatic rings. The number of rotatable bonds is 7. The van der Waals surface area contributed by atoms with Crippen molar-refractivity contribution < 1.29 is 39.6 Å². The van der Waals surface area contributed by atoms with Crippen LogP contribution in [0.5, 0.6) is 0 Å². The van der Waals surface area contributed by atoms with Gasteiger partial charge in [0.1, 0.15) is 0 Å². The van der Waals surface area contributed by atoms with E-state index < -0.39 is 41.6 Å². The van der Waals surface area contributed by atoms with E-state index in [9.17, 15) is 19.2 Å². The first-order chi connectivity index (χ1) is 9.77. The molecule has 1 rings (SSSR count). The lowest BCUT2D eigenvalue weighted by atomic mass is 9.76. The summed E-state index contributed by atoms with van der Waals surface area (Å²) in [5.74, 6) is -13.3. The Kier molecular flexibility index (Phi) is 5.01. The third-order valence-electron chi connectivity index (χ3n) is 2.97. The van der Waals surface area contributed by atoms with Crippen LogP contribution in [0.15, 0.2) is 30.3 Å². The molecule has 21 heavy (non-hydrogen) atoms. The van der Waals surface area contributed by atoms with Crippen molar-refractivity contribution in [2.24, 2.45) is 11.8 Å². The van der Waals surface area contributed by atoms with Gasteiger partial charge in [-0.3, -0.25) is 19.2 Å². The molecule has 0 heterocycles. The molecule has 1 aromatic carbocycles. The van der Waals surface area contributed by atoms with E-state index in [0.717, 1.165) is 0 Å². The maximum atomic E-state index is 11.1. The molecule has 0 saturated heterocycles. The second-order valence-corrected chi connectivity index (χ2v) is 4.24. The van der Waals surface area contributed by atoms with Gasteiger partial charge in [0.05, 0.1) is 0 Å². The Morgan fingerprint density at radius 1 is 0.667 bits per heavy atom. The average Bonchev–Trinajstić information content (AvgIpc) is 2.37. The predicted octanol–water partition coefficient (Wildman–Crippen LogP) is 0.341. The van der Waals surface area contributed by atoms with Crippen LogP contribution in [0.3, 0.4) is 0 Å². The Bertz CT molecular complexity index is 505. The molecular formula is C13H12O8. The van der Waals surface area contributed by atoms with Crippen LogP contribution < -0.4 is 0 Å². The van der Waals surface area contributed by atoms with Gasteiger partial charge in [0, 0.05) is 5.92 Å². The number of hydrogen-bond acceptors (Lipinski definition) is 4. The summed E-state index contributed by atoms with van der Waals surface area (Å²) in [6, 6.07) is 7.01. The SMILES string of the molecule is O=C(O)C(C(=O)O)C(c1ccccc1)C(C(=O)O)C(=O)O. The number of carboxylic acid groups (broad SMARTS) is 4. The molecular weight excluding hydrogens is 284 g/mol. The van der Waals surface area contributed by atoms with Crippen LogP contribution in [-0.4, -0.2) is 44.3 Å². The zero-order valence-electron chi connectivity index (χ0n) is 10.5. The van der Waals surface area contributed by atoms with Gasteiger partial charge in [-0.2, -0.15) is 0 Å². The highest BCUT2D eigenvalue weighted by molar-refractivity contribution is 5.99. The highest BCUT2D eigenvalue weighted by Gasteiger charge is 2.47. The summed E-state index contributed by atoms with van der Waals surface area (Å²) in [5.41, 5.74) is 0.0158. The van der Waals surface area contributed by atoms with E-state index in [2.05, 4.69) is 0 Å². The first kappa shape index (κ1) is 16.2. The molecule has 0 aromatic heterocycles. The van der Waals surface area contributed by atoms with Gasteiger partial charge in [0.25, 0.3) is 0 Å². The van der Waals surface area contributed by atoms with Crippen molar-refractivity contribution in [2.75, 3.05) is 0 Å². The Morgan fingerprint density at radius 3 is 1.29 bits per heavy atom. The van der Waals surface area contributed by atoms with E-state index in [0.29, 0.717) is 0 Å². The van der Waals surface area contributed by atoms with Gasteiger partial charge in [-0.1, -0.05) is 30.3 Å². The van der Waals surface area contributed by atoms with Crippen molar-refractivity contribution in [3.05, 3.63) is 35.9 Å². The number of carboxylic acids is 4. The molecule has 4 N–H and O–H groups in total. The zero-order chi connectivity index (χ0) is 16.2. The standard InChI is InChI=1S/C13H12O8/c14-10(15)8(11(16)17)7(6-4-2-1-3-5-6)9(12(18)19)13(20)21/h1-5,7-9H,(H,14,15)(H,16,17)(H,18,19)(H,20,21). The van der Waals surface area contributed by atoms with Crippen LogP contribution >= 0.6 is 0 Å². The first-order valence-corrected chi connectivity index (χ1v) is 5.73. The third kappa shape index (κ3) is 3.56. The predicted molar refractivity (Wildman–Crippen MR) is 66.7 cm³/mol. The quantitative estimate of drug-likeness (QED) is 0.526. The number of carbonyl (C=O) groups is 4. The normalized spacial score (nSPS) is 10.8. The van der Waals surface area contributed by atoms with E-state index in [1.54, 1.807) is 6.07 Å². The molecule has 112 valence electrons. The molecule has 0 aliphatic heterocycles. The summed E-state index contributed by atoms with van der Waals surface area (Å²) in [7, 11) is 0. The van der Waals surface area contributed by atoms with Crippen molar-refractivity contribution in [3.63, 3.8) is 0 Å². The first-order valence-electron chi connectivity index (χ1n) is 5.73. The summed E-state index contributed by atoms with van der Waals surface area (Å²) in [6.45, 7) is 0. The second-order valence-electron chi connectivity index (χ2n) is 4.24. The highest BCUT2D eigenvalue weighted by Crippen LogP contribution is 2.33. The van der Waals surface area contributed by atoms with Crippen molar-refractivity contribution in [1.29, 1.82) is 0 Å². The monoisotopic (exact) mass is 296 g/mol. The molecule has 0 saturated carbocycles. The number of benzene rings is 1. The summed E-state index contributed by atoms with van der Waals surface area (Å²) in [5, 5.41) is 36.1. The minimum atomic E-state index is -2.19. The van der Waals surface area contributed by atoms with Gasteiger partial charge in [-0.05, 0) is 5.56 Å². The maximum Gasteiger partial charge on any atom is 0.318 e. The minimum absolute atomic E-state index is 0.0158. The summed E-state index contributed by atoms with van der Waals surface area (Å²) >= 11 is 0. The maximum absolute atomic E-state index is 11.1. The van der Waals surface area contributed by atoms with E-state index in [1.165, 1.54) is 24.3 Å². The van der Waals surface area contributed by atoms with Crippen LogP contribution in [0.1, 0.15) is 11.5 Å². The minimum Gasteiger partial charge on any atom is -0.481 e. The summed E-state index contributed by atoms with van der Waals surface area (Å²) < 4.78 is 0. The lowest BCUT2D eigenvalue weighted by molar-refractivity contribution is -0.161. The molecule has 0 atom stereocenters. The Balaban J connectivity index is 3.48. The largest absolute Gasteiger partial charge is 0.481 e. The molecule has 0 aliphatic rings. The fourth-order valence-electron chi connectivity index (χ4n) is 2.08. The average molecular weight is 296 g/mol. The Labute approximate surface area is 118 Å². The van der Waals surface area contributed by atoms with Gasteiger partial charge in [-0.25, -0.2) is 0 Å². The Morgan fingerprint density at radius 2 is 1.00 bits per heavy atom. The van der Waals surface area contributed by atoms with E-state index in [1.807, 2.05) is 0 Å². The molecule has 0 radical (unpaired) electrons. The smallest absolute Gasteiger partial charge is 0.318 e. The van der Waals surface area contributed by atoms with Crippen LogP contribution in [0.2, 0.25) is 0 Å². The van der Waals surface area contributed by atoms with E-state index in [-0.39, 0.29) is 5.56 Å². The second kappa shape index (κ2) is 6.51. The molecule has 0 spiro atoms. The molecule has 0 fully saturated rings. The zero-order valence-corrected chi connectivity index (χ0v) is 10.5. The summed E-state index contributed by atoms with van der Waals surface area (Å²) in [4.78, 5) is 44.6. The van der Waals surface area contributed by atoms with Crippen molar-refractivity contribution in [1.82, 2.24) is 0 Å². The van der Waals surface area contributed by atoms with Gasteiger partial charge < -0.3 is 20.4 Å². The topological polar surface area (TPSA) is 149 Å². The van der Waals surface area contributed by atoms with Crippen molar-refractivity contribution in [2.45, 2.75) is 5.92 Å². The molecule has 0 bridgehead atoms. The molecule has 0 aliphatic carbocycles. The highest BCUT2D eigenvalue weighted by atomic mass is 16.4. The number of hydrogen-bond donors (Lipinski definition) is 4. The van der Waals surface area contributed by atoms with Crippen LogP contribution in [-0.2, 0) is 19.2 Å². The summed E-state index contributed by atoms with van der Waals surface area (Å²) in [6.07, 6.45) is 0. The van der Waals surface area contributed by atoms with E-state index >= 15 is 0 Å². The lowest BCUT2D eigenvalue weighted by Gasteiger charge is -2.24. The number of aliphatic carboxylic acids is 4. The Hall–Kier alpha value is -2.90.